The topological polar surface area (TPSA) is 104 Å². The molecule has 2 unspecified atom stereocenters. The first kappa shape index (κ1) is 41.1. The second-order valence-electron chi connectivity index (χ2n) is 12.5. The zero-order valence-electron chi connectivity index (χ0n) is 27.6. The normalized spacial score (nSPS) is 13.5. The summed E-state index contributed by atoms with van der Waals surface area (Å²) in [5, 5.41) is 13.1. The number of allylic oxidation sites excluding steroid dienone is 1. The van der Waals surface area contributed by atoms with Crippen LogP contribution in [0.4, 0.5) is 0 Å². The lowest BCUT2D eigenvalue weighted by molar-refractivity contribution is -0.122. The van der Waals surface area contributed by atoms with Crippen molar-refractivity contribution in [3.8, 4) is 0 Å². The van der Waals surface area contributed by atoms with Gasteiger partial charge in [0.2, 0.25) is 5.91 Å². The Kier molecular flexibility index (Phi) is 29.5. The third kappa shape index (κ3) is 30.5. The maximum Gasteiger partial charge on any atom is 0.267 e. The van der Waals surface area contributed by atoms with E-state index in [0.29, 0.717) is 6.42 Å². The molecule has 0 spiro atoms. The lowest BCUT2D eigenvalue weighted by Crippen LogP contribution is -2.46. The summed E-state index contributed by atoms with van der Waals surface area (Å²) in [6, 6.07) is -1.05. The molecule has 0 aliphatic carbocycles. The van der Waals surface area contributed by atoms with Gasteiger partial charge >= 0.3 is 0 Å². The first-order chi connectivity index (χ1) is 20.3. The van der Waals surface area contributed by atoms with Crippen LogP contribution in [0.2, 0.25) is 0 Å². The lowest BCUT2D eigenvalue weighted by Gasteiger charge is -2.21. The van der Waals surface area contributed by atoms with E-state index in [1.807, 2.05) is 6.08 Å². The fourth-order valence-electron chi connectivity index (χ4n) is 5.51. The van der Waals surface area contributed by atoms with E-state index in [-0.39, 0.29) is 5.91 Å². The number of nitrogens with one attached hydrogen (secondary N) is 1. The summed E-state index contributed by atoms with van der Waals surface area (Å²) in [6.07, 6.45) is 34.9. The fourth-order valence-corrected chi connectivity index (χ4v) is 6.24. The number of hydrogen-bond acceptors (Lipinski definition) is 4. The van der Waals surface area contributed by atoms with Crippen molar-refractivity contribution in [2.45, 2.75) is 199 Å². The summed E-state index contributed by atoms with van der Waals surface area (Å²) in [7, 11) is -4.33. The maximum absolute atomic E-state index is 12.4. The SMILES string of the molecule is CCCCCCCCC/C=C/C(O)C(CS(=O)(=O)O)NC(=O)CCCCCCCCCCCCCCCCCCCC. The molecule has 3 N–H and O–H groups in total. The Labute approximate surface area is 261 Å². The molecule has 42 heavy (non-hydrogen) atoms. The van der Waals surface area contributed by atoms with Crippen molar-refractivity contribution >= 4 is 16.0 Å². The van der Waals surface area contributed by atoms with Gasteiger partial charge in [0.15, 0.2) is 0 Å². The molecule has 0 aromatic heterocycles. The van der Waals surface area contributed by atoms with Crippen molar-refractivity contribution in [1.82, 2.24) is 5.32 Å². The molecule has 0 aromatic rings. The van der Waals surface area contributed by atoms with Crippen LogP contribution in [0.1, 0.15) is 187 Å². The van der Waals surface area contributed by atoms with E-state index < -0.39 is 28.0 Å². The fraction of sp³-hybridized carbons (Fsp3) is 0.914. The van der Waals surface area contributed by atoms with Crippen molar-refractivity contribution in [3.63, 3.8) is 0 Å². The molecule has 0 aliphatic heterocycles. The Morgan fingerprint density at radius 3 is 1.36 bits per heavy atom. The van der Waals surface area contributed by atoms with Gasteiger partial charge in [0.05, 0.1) is 17.9 Å². The zero-order chi connectivity index (χ0) is 31.2. The van der Waals surface area contributed by atoms with Crippen LogP contribution in [0.25, 0.3) is 0 Å². The molecule has 0 rings (SSSR count). The third-order valence-electron chi connectivity index (χ3n) is 8.21. The highest BCUT2D eigenvalue weighted by Crippen LogP contribution is 2.15. The summed E-state index contributed by atoms with van der Waals surface area (Å²) >= 11 is 0. The van der Waals surface area contributed by atoms with Crippen molar-refractivity contribution in [2.24, 2.45) is 0 Å². The molecule has 0 bridgehead atoms. The monoisotopic (exact) mass is 615 g/mol. The number of aliphatic hydroxyl groups excluding tert-OH is 1. The molecule has 2 atom stereocenters. The van der Waals surface area contributed by atoms with Gasteiger partial charge in [0.1, 0.15) is 0 Å². The van der Waals surface area contributed by atoms with E-state index in [0.717, 1.165) is 38.5 Å². The van der Waals surface area contributed by atoms with Crippen molar-refractivity contribution in [3.05, 3.63) is 12.2 Å². The molecule has 0 heterocycles. The Balaban J connectivity index is 3.87. The van der Waals surface area contributed by atoms with Gasteiger partial charge in [-0.2, -0.15) is 8.42 Å². The zero-order valence-corrected chi connectivity index (χ0v) is 28.5. The highest BCUT2D eigenvalue weighted by Gasteiger charge is 2.24. The highest BCUT2D eigenvalue weighted by molar-refractivity contribution is 7.85. The molecule has 0 aliphatic rings. The van der Waals surface area contributed by atoms with Gasteiger partial charge in [-0.05, 0) is 19.3 Å². The van der Waals surface area contributed by atoms with Crippen LogP contribution in [-0.2, 0) is 14.9 Å². The van der Waals surface area contributed by atoms with E-state index in [1.54, 1.807) is 6.08 Å². The minimum Gasteiger partial charge on any atom is -0.387 e. The number of amides is 1. The number of unbranched alkanes of at least 4 members (excludes halogenated alkanes) is 24. The van der Waals surface area contributed by atoms with Gasteiger partial charge in [-0.25, -0.2) is 0 Å². The molecule has 7 heteroatoms. The summed E-state index contributed by atoms with van der Waals surface area (Å²) < 4.78 is 32.2. The van der Waals surface area contributed by atoms with Crippen molar-refractivity contribution in [1.29, 1.82) is 0 Å². The van der Waals surface area contributed by atoms with E-state index in [9.17, 15) is 22.9 Å². The summed E-state index contributed by atoms with van der Waals surface area (Å²) in [4.78, 5) is 12.4. The Morgan fingerprint density at radius 2 is 0.976 bits per heavy atom. The largest absolute Gasteiger partial charge is 0.387 e. The molecular formula is C35H69NO5S. The van der Waals surface area contributed by atoms with Crippen LogP contribution in [-0.4, -0.2) is 41.9 Å². The second kappa shape index (κ2) is 30.1. The molecule has 0 aromatic carbocycles. The second-order valence-corrected chi connectivity index (χ2v) is 14.0. The molecule has 0 saturated carbocycles. The van der Waals surface area contributed by atoms with Gasteiger partial charge in [0.25, 0.3) is 10.1 Å². The predicted octanol–water partition coefficient (Wildman–Crippen LogP) is 9.85. The summed E-state index contributed by atoms with van der Waals surface area (Å²) in [5.41, 5.74) is 0. The predicted molar refractivity (Wildman–Crippen MR) is 180 cm³/mol. The lowest BCUT2D eigenvalue weighted by atomic mass is 10.0. The van der Waals surface area contributed by atoms with Crippen molar-refractivity contribution in [2.75, 3.05) is 5.75 Å². The smallest absolute Gasteiger partial charge is 0.267 e. The minimum atomic E-state index is -4.33. The molecule has 0 radical (unpaired) electrons. The van der Waals surface area contributed by atoms with E-state index in [1.165, 1.54) is 128 Å². The molecule has 250 valence electrons. The Bertz CT molecular complexity index is 725. The highest BCUT2D eigenvalue weighted by atomic mass is 32.2. The number of hydrogen-bond donors (Lipinski definition) is 3. The van der Waals surface area contributed by atoms with Crippen LogP contribution in [0, 0.1) is 0 Å². The summed E-state index contributed by atoms with van der Waals surface area (Å²) in [6.45, 7) is 4.47. The quantitative estimate of drug-likeness (QED) is 0.0397. The van der Waals surface area contributed by atoms with Crippen LogP contribution < -0.4 is 5.32 Å². The van der Waals surface area contributed by atoms with Crippen LogP contribution in [0.5, 0.6) is 0 Å². The summed E-state index contributed by atoms with van der Waals surface area (Å²) in [5.74, 6) is -0.972. The molecule has 6 nitrogen and oxygen atoms in total. The molecule has 0 fully saturated rings. The third-order valence-corrected chi connectivity index (χ3v) is 8.99. The van der Waals surface area contributed by atoms with Crippen LogP contribution >= 0.6 is 0 Å². The van der Waals surface area contributed by atoms with Crippen molar-refractivity contribution < 1.29 is 22.9 Å². The number of carbonyl (C=O) groups is 1. The number of rotatable bonds is 32. The molecule has 1 amide bonds. The van der Waals surface area contributed by atoms with Gasteiger partial charge in [0, 0.05) is 6.42 Å². The van der Waals surface area contributed by atoms with E-state index in [2.05, 4.69) is 19.2 Å². The van der Waals surface area contributed by atoms with Crippen LogP contribution in [0.15, 0.2) is 12.2 Å². The Hall–Kier alpha value is -0.920. The first-order valence-corrected chi connectivity index (χ1v) is 19.5. The maximum atomic E-state index is 12.4. The van der Waals surface area contributed by atoms with E-state index >= 15 is 0 Å². The van der Waals surface area contributed by atoms with E-state index in [4.69, 9.17) is 0 Å². The molecular weight excluding hydrogens is 546 g/mol. The average molecular weight is 616 g/mol. The van der Waals surface area contributed by atoms with Gasteiger partial charge < -0.3 is 10.4 Å². The first-order valence-electron chi connectivity index (χ1n) is 17.9. The minimum absolute atomic E-state index is 0.278. The number of aliphatic hydroxyl groups is 1. The van der Waals surface area contributed by atoms with Gasteiger partial charge in [-0.3, -0.25) is 9.35 Å². The number of carbonyl (C=O) groups excluding carboxylic acids is 1. The standard InChI is InChI=1S/C35H69NO5S/c1-3-5-7-9-11-13-14-15-16-17-18-19-20-21-23-25-27-29-31-35(38)36-33(32-42(39,40)41)34(37)30-28-26-24-22-12-10-8-6-4-2/h28,30,33-34,37H,3-27,29,31-32H2,1-2H3,(H,36,38)(H,39,40,41)/b30-28+. The average Bonchev–Trinajstić information content (AvgIpc) is 2.94. The van der Waals surface area contributed by atoms with Crippen LogP contribution in [0.3, 0.4) is 0 Å². The molecule has 0 saturated heterocycles. The van der Waals surface area contributed by atoms with Gasteiger partial charge in [-0.15, -0.1) is 0 Å². The Morgan fingerprint density at radius 1 is 0.619 bits per heavy atom. The van der Waals surface area contributed by atoms with Gasteiger partial charge in [-0.1, -0.05) is 174 Å².